The lowest BCUT2D eigenvalue weighted by Crippen LogP contribution is -2.08. The van der Waals surface area contributed by atoms with Gasteiger partial charge in [0, 0.05) is 22.9 Å². The van der Waals surface area contributed by atoms with Gasteiger partial charge in [-0.15, -0.1) is 0 Å². The Balaban J connectivity index is 2.69. The van der Waals surface area contributed by atoms with E-state index in [0.29, 0.717) is 23.4 Å². The van der Waals surface area contributed by atoms with Crippen LogP contribution in [0.4, 0.5) is 4.39 Å². The molecule has 1 aromatic rings. The van der Waals surface area contributed by atoms with Gasteiger partial charge >= 0.3 is 0 Å². The molecule has 0 heterocycles. The van der Waals surface area contributed by atoms with E-state index >= 15 is 0 Å². The van der Waals surface area contributed by atoms with Crippen LogP contribution in [0.3, 0.4) is 0 Å². The molecule has 0 saturated carbocycles. The Kier molecular flexibility index (Phi) is 4.28. The van der Waals surface area contributed by atoms with Crippen LogP contribution < -0.4 is 0 Å². The average Bonchev–Trinajstić information content (AvgIpc) is 2.16. The zero-order valence-corrected chi connectivity index (χ0v) is 9.64. The summed E-state index contributed by atoms with van der Waals surface area (Å²) in [5.41, 5.74) is 0.438. The maximum absolute atomic E-state index is 13.3. The van der Waals surface area contributed by atoms with Crippen LogP contribution in [-0.2, 0) is 11.2 Å². The molecule has 1 rings (SSSR count). The minimum Gasteiger partial charge on any atom is -0.299 e. The molecule has 82 valence electrons. The van der Waals surface area contributed by atoms with Gasteiger partial charge in [-0.3, -0.25) is 4.79 Å². The normalized spacial score (nSPS) is 10.7. The van der Waals surface area contributed by atoms with Crippen molar-refractivity contribution in [2.45, 2.75) is 26.7 Å². The molecule has 1 nitrogen and oxygen atoms in total. The van der Waals surface area contributed by atoms with E-state index in [1.165, 1.54) is 6.07 Å². The summed E-state index contributed by atoms with van der Waals surface area (Å²) in [7, 11) is 0. The Hall–Kier alpha value is -0.890. The molecular formula is C12H14ClFO. The smallest absolute Gasteiger partial charge is 0.135 e. The second-order valence-electron chi connectivity index (χ2n) is 3.82. The SMILES string of the molecule is CC(C)C(=O)CCc1c(F)cccc1Cl. The number of ketones is 1. The molecule has 0 amide bonds. The molecule has 0 spiro atoms. The number of hydrogen-bond acceptors (Lipinski definition) is 1. The molecule has 0 aromatic heterocycles. The Labute approximate surface area is 94.3 Å². The van der Waals surface area contributed by atoms with E-state index in [1.54, 1.807) is 12.1 Å². The van der Waals surface area contributed by atoms with Gasteiger partial charge in [0.25, 0.3) is 0 Å². The summed E-state index contributed by atoms with van der Waals surface area (Å²) in [6, 6.07) is 4.56. The van der Waals surface area contributed by atoms with Crippen molar-refractivity contribution in [1.82, 2.24) is 0 Å². The van der Waals surface area contributed by atoms with E-state index < -0.39 is 0 Å². The van der Waals surface area contributed by atoms with Crippen molar-refractivity contribution >= 4 is 17.4 Å². The molecule has 1 aromatic carbocycles. The summed E-state index contributed by atoms with van der Waals surface area (Å²) >= 11 is 5.84. The quantitative estimate of drug-likeness (QED) is 0.769. The Morgan fingerprint density at radius 1 is 1.47 bits per heavy atom. The van der Waals surface area contributed by atoms with Crippen LogP contribution in [0.15, 0.2) is 18.2 Å². The molecule has 0 N–H and O–H groups in total. The fourth-order valence-corrected chi connectivity index (χ4v) is 1.57. The van der Waals surface area contributed by atoms with Crippen LogP contribution in [0.25, 0.3) is 0 Å². The van der Waals surface area contributed by atoms with Gasteiger partial charge in [-0.05, 0) is 18.6 Å². The Morgan fingerprint density at radius 2 is 2.13 bits per heavy atom. The van der Waals surface area contributed by atoms with Gasteiger partial charge in [0.2, 0.25) is 0 Å². The van der Waals surface area contributed by atoms with E-state index in [0.717, 1.165) is 0 Å². The highest BCUT2D eigenvalue weighted by Gasteiger charge is 2.11. The molecule has 0 aliphatic rings. The van der Waals surface area contributed by atoms with Crippen LogP contribution in [0, 0.1) is 11.7 Å². The van der Waals surface area contributed by atoms with Crippen molar-refractivity contribution in [2.24, 2.45) is 5.92 Å². The number of carbonyl (C=O) groups excluding carboxylic acids is 1. The lowest BCUT2D eigenvalue weighted by Gasteiger charge is -2.06. The summed E-state index contributed by atoms with van der Waals surface area (Å²) < 4.78 is 13.3. The molecule has 0 fully saturated rings. The number of rotatable bonds is 4. The van der Waals surface area contributed by atoms with Gasteiger partial charge in [-0.25, -0.2) is 4.39 Å². The summed E-state index contributed by atoms with van der Waals surface area (Å²) in [4.78, 5) is 11.4. The van der Waals surface area contributed by atoms with Crippen molar-refractivity contribution in [1.29, 1.82) is 0 Å². The van der Waals surface area contributed by atoms with Crippen LogP contribution in [-0.4, -0.2) is 5.78 Å². The molecule has 0 aliphatic carbocycles. The lowest BCUT2D eigenvalue weighted by molar-refractivity contribution is -0.121. The number of Topliss-reactive ketones (excluding diaryl/α,β-unsaturated/α-hetero) is 1. The summed E-state index contributed by atoms with van der Waals surface area (Å²) in [5, 5.41) is 0.395. The minimum atomic E-state index is -0.334. The zero-order chi connectivity index (χ0) is 11.4. The zero-order valence-electron chi connectivity index (χ0n) is 8.89. The monoisotopic (exact) mass is 228 g/mol. The standard InChI is InChI=1S/C12H14ClFO/c1-8(2)12(15)7-6-9-10(13)4-3-5-11(9)14/h3-5,8H,6-7H2,1-2H3. The van der Waals surface area contributed by atoms with Crippen LogP contribution in [0.5, 0.6) is 0 Å². The highest BCUT2D eigenvalue weighted by atomic mass is 35.5. The predicted molar refractivity (Wildman–Crippen MR) is 59.6 cm³/mol. The van der Waals surface area contributed by atoms with Gasteiger partial charge < -0.3 is 0 Å². The number of carbonyl (C=O) groups is 1. The highest BCUT2D eigenvalue weighted by molar-refractivity contribution is 6.31. The highest BCUT2D eigenvalue weighted by Crippen LogP contribution is 2.20. The first kappa shape index (κ1) is 12.2. The second-order valence-corrected chi connectivity index (χ2v) is 4.23. The van der Waals surface area contributed by atoms with E-state index in [9.17, 15) is 9.18 Å². The van der Waals surface area contributed by atoms with Crippen molar-refractivity contribution in [2.75, 3.05) is 0 Å². The topological polar surface area (TPSA) is 17.1 Å². The molecule has 0 radical (unpaired) electrons. The van der Waals surface area contributed by atoms with Crippen molar-refractivity contribution in [3.63, 3.8) is 0 Å². The molecule has 0 saturated heterocycles. The fourth-order valence-electron chi connectivity index (χ4n) is 1.31. The van der Waals surface area contributed by atoms with Gasteiger partial charge in [0.15, 0.2) is 0 Å². The lowest BCUT2D eigenvalue weighted by atomic mass is 10.0. The Morgan fingerprint density at radius 3 is 2.67 bits per heavy atom. The first-order valence-electron chi connectivity index (χ1n) is 4.98. The van der Waals surface area contributed by atoms with Gasteiger partial charge in [-0.1, -0.05) is 31.5 Å². The molecule has 0 unspecified atom stereocenters. The fraction of sp³-hybridized carbons (Fsp3) is 0.417. The number of benzene rings is 1. The first-order chi connectivity index (χ1) is 7.02. The van der Waals surface area contributed by atoms with E-state index in [-0.39, 0.29) is 17.5 Å². The van der Waals surface area contributed by atoms with Crippen LogP contribution in [0.2, 0.25) is 5.02 Å². The molecule has 0 atom stereocenters. The van der Waals surface area contributed by atoms with Crippen LogP contribution in [0.1, 0.15) is 25.8 Å². The predicted octanol–water partition coefficient (Wildman–Crippen LogP) is 3.64. The summed E-state index contributed by atoms with van der Waals surface area (Å²) in [5.74, 6) is -0.205. The number of hydrogen-bond donors (Lipinski definition) is 0. The first-order valence-corrected chi connectivity index (χ1v) is 5.35. The van der Waals surface area contributed by atoms with Gasteiger partial charge in [0.1, 0.15) is 11.6 Å². The number of halogens is 2. The van der Waals surface area contributed by atoms with Crippen LogP contribution >= 0.6 is 11.6 Å². The summed E-state index contributed by atoms with van der Waals surface area (Å²) in [6.07, 6.45) is 0.723. The molecule has 0 bridgehead atoms. The minimum absolute atomic E-state index is 0.00412. The third-order valence-electron chi connectivity index (χ3n) is 2.33. The van der Waals surface area contributed by atoms with Crippen molar-refractivity contribution in [3.05, 3.63) is 34.6 Å². The molecule has 3 heteroatoms. The summed E-state index contributed by atoms with van der Waals surface area (Å²) in [6.45, 7) is 3.68. The third-order valence-corrected chi connectivity index (χ3v) is 2.68. The Bertz CT molecular complexity index is 340. The molecule has 0 aliphatic heterocycles. The maximum atomic E-state index is 13.3. The van der Waals surface area contributed by atoms with Gasteiger partial charge in [0.05, 0.1) is 0 Å². The third kappa shape index (κ3) is 3.31. The average molecular weight is 229 g/mol. The maximum Gasteiger partial charge on any atom is 0.135 e. The van der Waals surface area contributed by atoms with Crippen molar-refractivity contribution in [3.8, 4) is 0 Å². The molecule has 15 heavy (non-hydrogen) atoms. The van der Waals surface area contributed by atoms with E-state index in [2.05, 4.69) is 0 Å². The largest absolute Gasteiger partial charge is 0.299 e. The van der Waals surface area contributed by atoms with E-state index in [4.69, 9.17) is 11.6 Å². The molecular weight excluding hydrogens is 215 g/mol. The van der Waals surface area contributed by atoms with Gasteiger partial charge in [-0.2, -0.15) is 0 Å². The second kappa shape index (κ2) is 5.26. The van der Waals surface area contributed by atoms with Crippen molar-refractivity contribution < 1.29 is 9.18 Å². The van der Waals surface area contributed by atoms with E-state index in [1.807, 2.05) is 13.8 Å².